The van der Waals surface area contributed by atoms with Gasteiger partial charge in [0.25, 0.3) is 5.56 Å². The largest absolute Gasteiger partial charge is 0.391 e. The molecule has 0 saturated heterocycles. The lowest BCUT2D eigenvalue weighted by molar-refractivity contribution is 0.157. The Morgan fingerprint density at radius 3 is 2.94 bits per heavy atom. The molecule has 1 rings (SSSR count). The highest BCUT2D eigenvalue weighted by atomic mass is 16.5. The highest BCUT2D eigenvalue weighted by Gasteiger charge is 2.18. The van der Waals surface area contributed by atoms with E-state index in [9.17, 15) is 4.79 Å². The number of anilines is 2. The molecule has 17 heavy (non-hydrogen) atoms. The van der Waals surface area contributed by atoms with E-state index in [1.807, 2.05) is 0 Å². The Balaban J connectivity index is 2.61. The van der Waals surface area contributed by atoms with E-state index in [1.165, 1.54) is 6.33 Å². The normalized spacial score (nSPS) is 11.5. The maximum atomic E-state index is 11.3. The number of H-pyrrole nitrogens is 1. The van der Waals surface area contributed by atoms with E-state index in [2.05, 4.69) is 29.1 Å². The van der Waals surface area contributed by atoms with E-state index in [-0.39, 0.29) is 16.7 Å². The van der Waals surface area contributed by atoms with Crippen molar-refractivity contribution in [1.29, 1.82) is 0 Å². The summed E-state index contributed by atoms with van der Waals surface area (Å²) in [6.45, 7) is 5.61. The predicted octanol–water partition coefficient (Wildman–Crippen LogP) is 0.827. The Kier molecular flexibility index (Phi) is 4.51. The minimum atomic E-state index is -0.322. The van der Waals surface area contributed by atoms with E-state index < -0.39 is 0 Å². The summed E-state index contributed by atoms with van der Waals surface area (Å²) >= 11 is 0. The van der Waals surface area contributed by atoms with Crippen LogP contribution in [0.1, 0.15) is 20.3 Å². The molecule has 0 fully saturated rings. The lowest BCUT2D eigenvalue weighted by Crippen LogP contribution is -2.26. The second kappa shape index (κ2) is 5.67. The average molecular weight is 240 g/mol. The van der Waals surface area contributed by atoms with Crippen molar-refractivity contribution in [3.63, 3.8) is 0 Å². The van der Waals surface area contributed by atoms with Gasteiger partial charge in [-0.25, -0.2) is 4.98 Å². The molecule has 4 N–H and O–H groups in total. The van der Waals surface area contributed by atoms with Crippen molar-refractivity contribution in [2.24, 2.45) is 5.41 Å². The molecular formula is C11H20N4O2. The van der Waals surface area contributed by atoms with Crippen LogP contribution in [0, 0.1) is 5.41 Å². The van der Waals surface area contributed by atoms with Crippen LogP contribution in [0.3, 0.4) is 0 Å². The van der Waals surface area contributed by atoms with Crippen LogP contribution in [-0.2, 0) is 4.74 Å². The summed E-state index contributed by atoms with van der Waals surface area (Å²) in [5.41, 5.74) is 5.47. The minimum absolute atomic E-state index is 0.0483. The van der Waals surface area contributed by atoms with Crippen molar-refractivity contribution < 1.29 is 4.74 Å². The first-order chi connectivity index (χ1) is 7.96. The number of aromatic amines is 1. The number of hydrogen-bond acceptors (Lipinski definition) is 5. The zero-order valence-electron chi connectivity index (χ0n) is 10.5. The number of aromatic nitrogens is 2. The second-order valence-electron chi connectivity index (χ2n) is 4.75. The van der Waals surface area contributed by atoms with Gasteiger partial charge >= 0.3 is 0 Å². The van der Waals surface area contributed by atoms with Crippen LogP contribution < -0.4 is 16.6 Å². The van der Waals surface area contributed by atoms with Crippen LogP contribution >= 0.6 is 0 Å². The molecule has 0 aromatic carbocycles. The van der Waals surface area contributed by atoms with E-state index in [1.54, 1.807) is 7.11 Å². The van der Waals surface area contributed by atoms with Crippen molar-refractivity contribution in [2.45, 2.75) is 20.3 Å². The number of nitrogens with zero attached hydrogens (tertiary/aromatic N) is 1. The molecule has 0 aliphatic carbocycles. The Morgan fingerprint density at radius 1 is 1.59 bits per heavy atom. The van der Waals surface area contributed by atoms with Crippen molar-refractivity contribution in [2.75, 3.05) is 31.3 Å². The van der Waals surface area contributed by atoms with Gasteiger partial charge in [0, 0.05) is 20.3 Å². The topological polar surface area (TPSA) is 93.0 Å². The van der Waals surface area contributed by atoms with Gasteiger partial charge in [-0.2, -0.15) is 0 Å². The van der Waals surface area contributed by atoms with Gasteiger partial charge in [-0.15, -0.1) is 0 Å². The van der Waals surface area contributed by atoms with Crippen molar-refractivity contribution in [3.05, 3.63) is 16.7 Å². The molecule has 0 aliphatic heterocycles. The first kappa shape index (κ1) is 13.5. The van der Waals surface area contributed by atoms with Gasteiger partial charge in [-0.05, 0) is 11.8 Å². The fraction of sp³-hybridized carbons (Fsp3) is 0.636. The number of methoxy groups -OCH3 is 1. The number of nitrogens with two attached hydrogens (primary N) is 1. The maximum absolute atomic E-state index is 11.3. The molecule has 0 atom stereocenters. The van der Waals surface area contributed by atoms with Gasteiger partial charge in [0.05, 0.1) is 6.33 Å². The van der Waals surface area contributed by atoms with Gasteiger partial charge in [-0.3, -0.25) is 4.79 Å². The minimum Gasteiger partial charge on any atom is -0.391 e. The second-order valence-corrected chi connectivity index (χ2v) is 4.75. The number of nitrogens with one attached hydrogen (secondary N) is 2. The van der Waals surface area contributed by atoms with Crippen LogP contribution in [-0.4, -0.2) is 30.2 Å². The smallest absolute Gasteiger partial charge is 0.276 e. The summed E-state index contributed by atoms with van der Waals surface area (Å²) in [5.74, 6) is 0.430. The molecule has 0 unspecified atom stereocenters. The van der Waals surface area contributed by atoms with Crippen LogP contribution in [0.4, 0.5) is 11.5 Å². The molecule has 1 heterocycles. The number of rotatable bonds is 6. The average Bonchev–Trinajstić information content (AvgIpc) is 2.29. The molecular weight excluding hydrogens is 220 g/mol. The summed E-state index contributed by atoms with van der Waals surface area (Å²) in [6, 6.07) is 0. The summed E-state index contributed by atoms with van der Waals surface area (Å²) in [5, 5.41) is 3.09. The molecule has 1 aromatic heterocycles. The van der Waals surface area contributed by atoms with E-state index in [4.69, 9.17) is 10.5 Å². The SMILES string of the molecule is COCCC(C)(C)CNc1nc[nH]c(=O)c1N. The first-order valence-corrected chi connectivity index (χ1v) is 5.52. The van der Waals surface area contributed by atoms with Crippen LogP contribution in [0.2, 0.25) is 0 Å². The van der Waals surface area contributed by atoms with Crippen LogP contribution in [0.5, 0.6) is 0 Å². The molecule has 1 aromatic rings. The van der Waals surface area contributed by atoms with Crippen molar-refractivity contribution in [3.8, 4) is 0 Å². The molecule has 6 heteroatoms. The van der Waals surface area contributed by atoms with Crippen molar-refractivity contribution in [1.82, 2.24) is 9.97 Å². The molecule has 0 spiro atoms. The van der Waals surface area contributed by atoms with Gasteiger partial charge in [0.2, 0.25) is 0 Å². The third kappa shape index (κ3) is 4.07. The summed E-state index contributed by atoms with van der Waals surface area (Å²) in [6.07, 6.45) is 2.25. The monoisotopic (exact) mass is 240 g/mol. The highest BCUT2D eigenvalue weighted by Crippen LogP contribution is 2.21. The summed E-state index contributed by atoms with van der Waals surface area (Å²) in [7, 11) is 1.68. The molecule has 0 bridgehead atoms. The molecule has 6 nitrogen and oxygen atoms in total. The molecule has 0 radical (unpaired) electrons. The maximum Gasteiger partial charge on any atom is 0.276 e. The third-order valence-electron chi connectivity index (χ3n) is 2.61. The van der Waals surface area contributed by atoms with Gasteiger partial charge in [0.15, 0.2) is 5.82 Å². The Bertz CT molecular complexity index is 414. The standard InChI is InChI=1S/C11H20N4O2/c1-11(2,4-5-17-3)6-13-9-8(12)10(16)15-7-14-9/h7H,4-6,12H2,1-3H3,(H2,13,14,15,16). The lowest BCUT2D eigenvalue weighted by Gasteiger charge is -2.25. The Labute approximate surface area is 101 Å². The zero-order valence-corrected chi connectivity index (χ0v) is 10.5. The van der Waals surface area contributed by atoms with Gasteiger partial charge < -0.3 is 20.8 Å². The van der Waals surface area contributed by atoms with E-state index in [0.717, 1.165) is 6.42 Å². The Hall–Kier alpha value is -1.56. The molecule has 0 amide bonds. The summed E-state index contributed by atoms with van der Waals surface area (Å²) in [4.78, 5) is 17.7. The van der Waals surface area contributed by atoms with E-state index in [0.29, 0.717) is 19.0 Å². The number of nitrogen functional groups attached to an aromatic ring is 1. The van der Waals surface area contributed by atoms with Gasteiger partial charge in [-0.1, -0.05) is 13.8 Å². The zero-order chi connectivity index (χ0) is 12.9. The molecule has 0 aliphatic rings. The predicted molar refractivity (Wildman–Crippen MR) is 68.0 cm³/mol. The molecule has 96 valence electrons. The lowest BCUT2D eigenvalue weighted by atomic mass is 9.90. The highest BCUT2D eigenvalue weighted by molar-refractivity contribution is 5.58. The van der Waals surface area contributed by atoms with Gasteiger partial charge in [0.1, 0.15) is 5.69 Å². The summed E-state index contributed by atoms with van der Waals surface area (Å²) < 4.78 is 5.05. The molecule has 0 saturated carbocycles. The van der Waals surface area contributed by atoms with E-state index >= 15 is 0 Å². The quantitative estimate of drug-likeness (QED) is 0.684. The Morgan fingerprint density at radius 2 is 2.29 bits per heavy atom. The fourth-order valence-electron chi connectivity index (χ4n) is 1.34. The number of ether oxygens (including phenoxy) is 1. The number of hydrogen-bond donors (Lipinski definition) is 3. The first-order valence-electron chi connectivity index (χ1n) is 5.52. The third-order valence-corrected chi connectivity index (χ3v) is 2.61. The fourth-order valence-corrected chi connectivity index (χ4v) is 1.34. The van der Waals surface area contributed by atoms with Crippen LogP contribution in [0.15, 0.2) is 11.1 Å². The van der Waals surface area contributed by atoms with Crippen LogP contribution in [0.25, 0.3) is 0 Å². The van der Waals surface area contributed by atoms with Crippen molar-refractivity contribution >= 4 is 11.5 Å².